The Kier molecular flexibility index (Phi) is 3.29. The van der Waals surface area contributed by atoms with Crippen LogP contribution in [0.4, 0.5) is 0 Å². The van der Waals surface area contributed by atoms with Crippen LogP contribution in [0.2, 0.25) is 0 Å². The van der Waals surface area contributed by atoms with E-state index < -0.39 is 0 Å². The Labute approximate surface area is 101 Å². The highest BCUT2D eigenvalue weighted by molar-refractivity contribution is 6.08. The molecule has 0 saturated carbocycles. The van der Waals surface area contributed by atoms with Crippen molar-refractivity contribution >= 4 is 16.7 Å². The van der Waals surface area contributed by atoms with Gasteiger partial charge < -0.3 is 10.3 Å². The molecule has 0 bridgehead atoms. The van der Waals surface area contributed by atoms with E-state index in [4.69, 9.17) is 5.73 Å². The first-order valence-corrected chi connectivity index (χ1v) is 5.93. The minimum atomic E-state index is -0.00851. The highest BCUT2D eigenvalue weighted by Crippen LogP contribution is 2.23. The monoisotopic (exact) mass is 230 g/mol. The summed E-state index contributed by atoms with van der Waals surface area (Å²) in [5.74, 6) is 0.179. The summed E-state index contributed by atoms with van der Waals surface area (Å²) in [5.41, 5.74) is 7.41. The van der Waals surface area contributed by atoms with Gasteiger partial charge in [-0.25, -0.2) is 0 Å². The second-order valence-electron chi connectivity index (χ2n) is 4.51. The van der Waals surface area contributed by atoms with Crippen molar-refractivity contribution in [2.45, 2.75) is 13.3 Å². The van der Waals surface area contributed by atoms with Crippen molar-refractivity contribution in [2.24, 2.45) is 18.7 Å². The van der Waals surface area contributed by atoms with Crippen molar-refractivity contribution in [3.63, 3.8) is 0 Å². The number of Topliss-reactive ketones (excluding diaryl/α,β-unsaturated/α-hetero) is 1. The molecule has 1 heterocycles. The minimum absolute atomic E-state index is 0.00851. The summed E-state index contributed by atoms with van der Waals surface area (Å²) in [6, 6.07) is 7.98. The molecule has 1 unspecified atom stereocenters. The second kappa shape index (κ2) is 4.72. The van der Waals surface area contributed by atoms with Crippen LogP contribution in [0.1, 0.15) is 23.7 Å². The van der Waals surface area contributed by atoms with Crippen LogP contribution in [0.15, 0.2) is 30.5 Å². The van der Waals surface area contributed by atoms with E-state index in [1.165, 1.54) is 0 Å². The number of carbonyl (C=O) groups excluding carboxylic acids is 1. The summed E-state index contributed by atoms with van der Waals surface area (Å²) >= 11 is 0. The summed E-state index contributed by atoms with van der Waals surface area (Å²) < 4.78 is 2.00. The van der Waals surface area contributed by atoms with Crippen LogP contribution in [0.3, 0.4) is 0 Å². The normalized spacial score (nSPS) is 12.9. The lowest BCUT2D eigenvalue weighted by Gasteiger charge is -2.07. The molecule has 0 aliphatic carbocycles. The van der Waals surface area contributed by atoms with Crippen molar-refractivity contribution in [3.8, 4) is 0 Å². The number of carbonyl (C=O) groups is 1. The molecule has 1 aromatic carbocycles. The Morgan fingerprint density at radius 3 is 2.82 bits per heavy atom. The number of para-hydroxylation sites is 1. The van der Waals surface area contributed by atoms with Crippen LogP contribution in [-0.2, 0) is 7.05 Å². The quantitative estimate of drug-likeness (QED) is 0.819. The number of nitrogens with two attached hydrogens (primary N) is 1. The summed E-state index contributed by atoms with van der Waals surface area (Å²) in [4.78, 5) is 12.3. The Morgan fingerprint density at radius 1 is 1.41 bits per heavy atom. The molecule has 17 heavy (non-hydrogen) atoms. The van der Waals surface area contributed by atoms with Crippen LogP contribution in [-0.4, -0.2) is 16.9 Å². The molecule has 1 atom stereocenters. The number of fused-ring (bicyclic) bond motifs is 1. The fraction of sp³-hybridized carbons (Fsp3) is 0.357. The fourth-order valence-electron chi connectivity index (χ4n) is 2.18. The molecule has 2 aromatic rings. The third kappa shape index (κ3) is 2.11. The smallest absolute Gasteiger partial charge is 0.167 e. The number of ketones is 1. The van der Waals surface area contributed by atoms with Gasteiger partial charge in [-0.2, -0.15) is 0 Å². The van der Waals surface area contributed by atoms with Gasteiger partial charge in [-0.3, -0.25) is 4.79 Å². The predicted molar refractivity (Wildman–Crippen MR) is 70.1 cm³/mol. The number of hydrogen-bond donors (Lipinski definition) is 1. The third-order valence-electron chi connectivity index (χ3n) is 3.21. The zero-order valence-electron chi connectivity index (χ0n) is 10.3. The second-order valence-corrected chi connectivity index (χ2v) is 4.51. The van der Waals surface area contributed by atoms with Gasteiger partial charge in [0.05, 0.1) is 0 Å². The van der Waals surface area contributed by atoms with E-state index >= 15 is 0 Å². The molecule has 0 aliphatic rings. The first-order valence-electron chi connectivity index (χ1n) is 5.93. The maximum absolute atomic E-state index is 12.3. The Hall–Kier alpha value is -1.61. The Bertz CT molecular complexity index is 542. The average molecular weight is 230 g/mol. The van der Waals surface area contributed by atoms with E-state index in [9.17, 15) is 4.79 Å². The van der Waals surface area contributed by atoms with Gasteiger partial charge in [0.25, 0.3) is 0 Å². The molecule has 2 rings (SSSR count). The summed E-state index contributed by atoms with van der Waals surface area (Å²) in [6.07, 6.45) is 2.65. The van der Waals surface area contributed by atoms with Gasteiger partial charge in [0.15, 0.2) is 5.78 Å². The molecule has 0 spiro atoms. The molecule has 0 fully saturated rings. The van der Waals surface area contributed by atoms with Crippen LogP contribution in [0, 0.1) is 5.92 Å². The van der Waals surface area contributed by atoms with Gasteiger partial charge in [0.1, 0.15) is 0 Å². The third-order valence-corrected chi connectivity index (χ3v) is 3.21. The maximum atomic E-state index is 12.3. The number of rotatable bonds is 4. The van der Waals surface area contributed by atoms with Gasteiger partial charge in [-0.1, -0.05) is 25.1 Å². The van der Waals surface area contributed by atoms with Crippen molar-refractivity contribution in [1.82, 2.24) is 4.57 Å². The Balaban J connectivity index is 2.45. The highest BCUT2D eigenvalue weighted by atomic mass is 16.1. The lowest BCUT2D eigenvalue weighted by Crippen LogP contribution is -2.15. The van der Waals surface area contributed by atoms with Crippen molar-refractivity contribution < 1.29 is 4.79 Å². The van der Waals surface area contributed by atoms with E-state index in [1.807, 2.05) is 49.0 Å². The summed E-state index contributed by atoms with van der Waals surface area (Å²) in [5, 5.41) is 1.03. The van der Waals surface area contributed by atoms with Crippen molar-refractivity contribution in [2.75, 3.05) is 6.54 Å². The Morgan fingerprint density at radius 2 is 2.12 bits per heavy atom. The van der Waals surface area contributed by atoms with Crippen LogP contribution in [0.5, 0.6) is 0 Å². The van der Waals surface area contributed by atoms with Gasteiger partial charge in [-0.05, 0) is 19.0 Å². The summed E-state index contributed by atoms with van der Waals surface area (Å²) in [6.45, 7) is 2.49. The number of aromatic nitrogens is 1. The number of hydrogen-bond acceptors (Lipinski definition) is 2. The summed E-state index contributed by atoms with van der Waals surface area (Å²) in [7, 11) is 1.96. The van der Waals surface area contributed by atoms with Crippen molar-refractivity contribution in [1.29, 1.82) is 0 Å². The molecule has 3 heteroatoms. The molecule has 0 aliphatic heterocycles. The van der Waals surface area contributed by atoms with Crippen LogP contribution >= 0.6 is 0 Å². The first kappa shape index (κ1) is 11.9. The molecule has 1 aromatic heterocycles. The average Bonchev–Trinajstić information content (AvgIpc) is 2.67. The molecular formula is C14H18N2O. The molecule has 0 radical (unpaired) electrons. The zero-order chi connectivity index (χ0) is 12.4. The number of aryl methyl sites for hydroxylation is 1. The standard InChI is InChI=1S/C14H18N2O/c1-10(7-8-15)14(17)12-9-16(2)13-6-4-3-5-11(12)13/h3-6,9-10H,7-8,15H2,1-2H3. The van der Waals surface area contributed by atoms with Crippen molar-refractivity contribution in [3.05, 3.63) is 36.0 Å². The van der Waals surface area contributed by atoms with E-state index in [-0.39, 0.29) is 11.7 Å². The predicted octanol–water partition coefficient (Wildman–Crippen LogP) is 2.35. The zero-order valence-corrected chi connectivity index (χ0v) is 10.3. The number of nitrogens with zero attached hydrogens (tertiary/aromatic N) is 1. The molecule has 0 amide bonds. The molecule has 2 N–H and O–H groups in total. The number of benzene rings is 1. The topological polar surface area (TPSA) is 48.0 Å². The van der Waals surface area contributed by atoms with E-state index in [0.717, 1.165) is 22.9 Å². The van der Waals surface area contributed by atoms with Crippen LogP contribution < -0.4 is 5.73 Å². The molecule has 0 saturated heterocycles. The molecular weight excluding hydrogens is 212 g/mol. The SMILES string of the molecule is CC(CCN)C(=O)c1cn(C)c2ccccc12. The lowest BCUT2D eigenvalue weighted by molar-refractivity contribution is 0.0927. The van der Waals surface area contributed by atoms with Crippen LogP contribution in [0.25, 0.3) is 10.9 Å². The van der Waals surface area contributed by atoms with E-state index in [1.54, 1.807) is 0 Å². The lowest BCUT2D eigenvalue weighted by atomic mass is 9.96. The molecule has 90 valence electrons. The fourth-order valence-corrected chi connectivity index (χ4v) is 2.18. The van der Waals surface area contributed by atoms with E-state index in [2.05, 4.69) is 0 Å². The van der Waals surface area contributed by atoms with Gasteiger partial charge in [-0.15, -0.1) is 0 Å². The van der Waals surface area contributed by atoms with Gasteiger partial charge >= 0.3 is 0 Å². The minimum Gasteiger partial charge on any atom is -0.350 e. The first-order chi connectivity index (χ1) is 8.15. The van der Waals surface area contributed by atoms with Gasteiger partial charge in [0.2, 0.25) is 0 Å². The maximum Gasteiger partial charge on any atom is 0.167 e. The van der Waals surface area contributed by atoms with Gasteiger partial charge in [0, 0.05) is 35.6 Å². The molecule has 3 nitrogen and oxygen atoms in total. The largest absolute Gasteiger partial charge is 0.350 e. The highest BCUT2D eigenvalue weighted by Gasteiger charge is 2.18. The van der Waals surface area contributed by atoms with E-state index in [0.29, 0.717) is 6.54 Å².